The molecule has 2 heterocycles. The van der Waals surface area contributed by atoms with Gasteiger partial charge in [-0.05, 0) is 30.5 Å². The van der Waals surface area contributed by atoms with E-state index in [1.807, 2.05) is 24.3 Å². The molecule has 1 saturated heterocycles. The Kier molecular flexibility index (Phi) is 5.41. The predicted molar refractivity (Wildman–Crippen MR) is 109 cm³/mol. The van der Waals surface area contributed by atoms with E-state index in [2.05, 4.69) is 4.98 Å². The van der Waals surface area contributed by atoms with Crippen molar-refractivity contribution < 1.29 is 18.0 Å². The van der Waals surface area contributed by atoms with Crippen molar-refractivity contribution in [2.24, 2.45) is 0 Å². The van der Waals surface area contributed by atoms with Gasteiger partial charge in [-0.15, -0.1) is 11.3 Å². The topological polar surface area (TPSA) is 33.2 Å². The summed E-state index contributed by atoms with van der Waals surface area (Å²) in [5.74, 6) is -0.361. The highest BCUT2D eigenvalue weighted by atomic mass is 32.1. The Morgan fingerprint density at radius 2 is 1.69 bits per heavy atom. The average Bonchev–Trinajstić information content (AvgIpc) is 3.16. The number of para-hydroxylation sites is 1. The molecule has 0 spiro atoms. The molecule has 0 unspecified atom stereocenters. The van der Waals surface area contributed by atoms with Gasteiger partial charge in [-0.2, -0.15) is 13.2 Å². The molecule has 1 aromatic heterocycles. The zero-order valence-electron chi connectivity index (χ0n) is 15.5. The molecule has 0 saturated carbocycles. The van der Waals surface area contributed by atoms with E-state index >= 15 is 0 Å². The summed E-state index contributed by atoms with van der Waals surface area (Å²) in [6.07, 6.45) is -2.46. The Balaban J connectivity index is 1.47. The molecule has 0 bridgehead atoms. The highest BCUT2D eigenvalue weighted by Gasteiger charge is 2.36. The molecule has 29 heavy (non-hydrogen) atoms. The number of benzene rings is 2. The van der Waals surface area contributed by atoms with Gasteiger partial charge in [0.15, 0.2) is 0 Å². The number of piperidine rings is 1. The Labute approximate surface area is 170 Å². The second-order valence-corrected chi connectivity index (χ2v) is 8.10. The number of amides is 1. The van der Waals surface area contributed by atoms with E-state index < -0.39 is 17.7 Å². The average molecular weight is 416 g/mol. The minimum absolute atomic E-state index is 0.00212. The molecule has 7 heteroatoms. The maximum absolute atomic E-state index is 13.5. The normalized spacial score (nSPS) is 16.4. The molecule has 0 atom stereocenters. The zero-order chi connectivity index (χ0) is 20.4. The summed E-state index contributed by atoms with van der Waals surface area (Å²) in [7, 11) is 0. The van der Waals surface area contributed by atoms with Crippen LogP contribution in [0, 0.1) is 0 Å². The number of likely N-dealkylation sites (tertiary alicyclic amines) is 1. The van der Waals surface area contributed by atoms with E-state index in [0.29, 0.717) is 25.9 Å². The van der Waals surface area contributed by atoms with Gasteiger partial charge < -0.3 is 4.90 Å². The van der Waals surface area contributed by atoms with Crippen LogP contribution >= 0.6 is 11.3 Å². The van der Waals surface area contributed by atoms with Crippen LogP contribution < -0.4 is 0 Å². The van der Waals surface area contributed by atoms with Crippen LogP contribution in [0.15, 0.2) is 60.7 Å². The molecular formula is C22H19F3N2OS. The van der Waals surface area contributed by atoms with Crippen LogP contribution in [0.4, 0.5) is 13.2 Å². The summed E-state index contributed by atoms with van der Waals surface area (Å²) in [5, 5.41) is 1.04. The third-order valence-corrected chi connectivity index (χ3v) is 6.32. The number of thiazole rings is 1. The number of fused-ring (bicyclic) bond motifs is 1. The molecule has 0 radical (unpaired) electrons. The fraction of sp³-hybridized carbons (Fsp3) is 0.273. The van der Waals surface area contributed by atoms with Gasteiger partial charge in [-0.1, -0.05) is 42.5 Å². The predicted octanol–water partition coefficient (Wildman–Crippen LogP) is 5.65. The third kappa shape index (κ3) is 4.34. The lowest BCUT2D eigenvalue weighted by atomic mass is 9.97. The largest absolute Gasteiger partial charge is 0.417 e. The van der Waals surface area contributed by atoms with Gasteiger partial charge >= 0.3 is 6.18 Å². The lowest BCUT2D eigenvalue weighted by Gasteiger charge is -2.30. The lowest BCUT2D eigenvalue weighted by molar-refractivity contribution is -0.127. The van der Waals surface area contributed by atoms with E-state index in [1.54, 1.807) is 17.4 Å². The number of aromatic nitrogens is 1. The van der Waals surface area contributed by atoms with Crippen LogP contribution in [0.25, 0.3) is 15.8 Å². The maximum Gasteiger partial charge on any atom is 0.417 e. The Hall–Kier alpha value is -2.67. The molecule has 1 fully saturated rings. The standard InChI is InChI=1S/C22H19F3N2OS/c23-22(24,25)17(15-6-2-1-3-7-15)14-20(28)27-12-10-16(11-13-27)21-26-18-8-4-5-9-19(18)29-21/h1-9,14,16H,10-13H2/b17-14-. The number of carbonyl (C=O) groups excluding carboxylic acids is 1. The van der Waals surface area contributed by atoms with E-state index in [9.17, 15) is 18.0 Å². The first kappa shape index (κ1) is 19.6. The summed E-state index contributed by atoms with van der Waals surface area (Å²) < 4.78 is 41.5. The van der Waals surface area contributed by atoms with Crippen molar-refractivity contribution in [2.75, 3.05) is 13.1 Å². The fourth-order valence-electron chi connectivity index (χ4n) is 3.57. The van der Waals surface area contributed by atoms with Crippen molar-refractivity contribution in [3.05, 3.63) is 71.2 Å². The molecule has 1 aliphatic heterocycles. The molecule has 4 rings (SSSR count). The van der Waals surface area contributed by atoms with Crippen molar-refractivity contribution >= 4 is 33.0 Å². The van der Waals surface area contributed by atoms with Crippen LogP contribution in [0.2, 0.25) is 0 Å². The monoisotopic (exact) mass is 416 g/mol. The lowest BCUT2D eigenvalue weighted by Crippen LogP contribution is -2.37. The van der Waals surface area contributed by atoms with Crippen LogP contribution in [0.5, 0.6) is 0 Å². The molecule has 3 nitrogen and oxygen atoms in total. The highest BCUT2D eigenvalue weighted by molar-refractivity contribution is 7.18. The number of carbonyl (C=O) groups is 1. The van der Waals surface area contributed by atoms with Gasteiger partial charge in [0.05, 0.1) is 20.8 Å². The molecule has 0 aliphatic carbocycles. The van der Waals surface area contributed by atoms with E-state index in [0.717, 1.165) is 21.3 Å². The third-order valence-electron chi connectivity index (χ3n) is 5.12. The van der Waals surface area contributed by atoms with Crippen molar-refractivity contribution in [3.63, 3.8) is 0 Å². The molecule has 1 aliphatic rings. The van der Waals surface area contributed by atoms with Gasteiger partial charge in [0, 0.05) is 25.1 Å². The van der Waals surface area contributed by atoms with Gasteiger partial charge in [-0.25, -0.2) is 4.98 Å². The van der Waals surface area contributed by atoms with Crippen LogP contribution in [-0.2, 0) is 4.79 Å². The van der Waals surface area contributed by atoms with Gasteiger partial charge in [0.2, 0.25) is 5.91 Å². The number of allylic oxidation sites excluding steroid dienone is 1. The smallest absolute Gasteiger partial charge is 0.339 e. The van der Waals surface area contributed by atoms with Crippen LogP contribution in [0.1, 0.15) is 29.3 Å². The second-order valence-electron chi connectivity index (χ2n) is 7.04. The van der Waals surface area contributed by atoms with E-state index in [1.165, 1.54) is 29.2 Å². The number of hydrogen-bond donors (Lipinski definition) is 0. The molecule has 0 N–H and O–H groups in total. The van der Waals surface area contributed by atoms with Gasteiger partial charge in [0.25, 0.3) is 0 Å². The first-order valence-electron chi connectivity index (χ1n) is 9.40. The molecule has 2 aromatic carbocycles. The van der Waals surface area contributed by atoms with Crippen molar-refractivity contribution in [3.8, 4) is 0 Å². The summed E-state index contributed by atoms with van der Waals surface area (Å²) >= 11 is 1.65. The van der Waals surface area contributed by atoms with Crippen LogP contribution in [0.3, 0.4) is 0 Å². The Bertz CT molecular complexity index is 1000. The maximum atomic E-state index is 13.5. The highest BCUT2D eigenvalue weighted by Crippen LogP contribution is 2.36. The molecule has 3 aromatic rings. The van der Waals surface area contributed by atoms with E-state index in [4.69, 9.17) is 0 Å². The quantitative estimate of drug-likeness (QED) is 0.517. The molecular weight excluding hydrogens is 397 g/mol. The Morgan fingerprint density at radius 3 is 2.34 bits per heavy atom. The number of rotatable bonds is 3. The molecule has 1 amide bonds. The number of nitrogens with zero attached hydrogens (tertiary/aromatic N) is 2. The fourth-order valence-corrected chi connectivity index (χ4v) is 4.71. The summed E-state index contributed by atoms with van der Waals surface area (Å²) in [5.41, 5.74) is 0.0562. The summed E-state index contributed by atoms with van der Waals surface area (Å²) in [6.45, 7) is 0.853. The van der Waals surface area contributed by atoms with E-state index in [-0.39, 0.29) is 11.5 Å². The van der Waals surface area contributed by atoms with Crippen molar-refractivity contribution in [1.82, 2.24) is 9.88 Å². The number of hydrogen-bond acceptors (Lipinski definition) is 3. The van der Waals surface area contributed by atoms with Crippen molar-refractivity contribution in [1.29, 1.82) is 0 Å². The summed E-state index contributed by atoms with van der Waals surface area (Å²) in [4.78, 5) is 18.7. The number of alkyl halides is 3. The zero-order valence-corrected chi connectivity index (χ0v) is 16.3. The molecule has 150 valence electrons. The Morgan fingerprint density at radius 1 is 1.03 bits per heavy atom. The summed E-state index contributed by atoms with van der Waals surface area (Å²) in [6, 6.07) is 15.4. The minimum atomic E-state index is -4.59. The first-order chi connectivity index (χ1) is 13.9. The SMILES string of the molecule is O=C(/C=C(/c1ccccc1)C(F)(F)F)N1CCC(c2nc3ccccc3s2)CC1. The van der Waals surface area contributed by atoms with Gasteiger partial charge in [-0.3, -0.25) is 4.79 Å². The van der Waals surface area contributed by atoms with Crippen LogP contribution in [-0.4, -0.2) is 35.1 Å². The number of halogens is 3. The van der Waals surface area contributed by atoms with Gasteiger partial charge in [0.1, 0.15) is 0 Å². The van der Waals surface area contributed by atoms with Crippen molar-refractivity contribution in [2.45, 2.75) is 24.9 Å². The minimum Gasteiger partial charge on any atom is -0.339 e. The first-order valence-corrected chi connectivity index (χ1v) is 10.2. The second kappa shape index (κ2) is 7.99.